The van der Waals surface area contributed by atoms with Crippen LogP contribution in [0.4, 0.5) is 5.69 Å². The van der Waals surface area contributed by atoms with Gasteiger partial charge in [-0.3, -0.25) is 15.2 Å². The summed E-state index contributed by atoms with van der Waals surface area (Å²) < 4.78 is 0. The molecule has 4 heteroatoms. The van der Waals surface area contributed by atoms with E-state index in [0.717, 1.165) is 11.3 Å². The molecule has 1 amide bonds. The van der Waals surface area contributed by atoms with Crippen molar-refractivity contribution in [3.63, 3.8) is 0 Å². The van der Waals surface area contributed by atoms with Crippen LogP contribution in [0.5, 0.6) is 0 Å². The first-order chi connectivity index (χ1) is 9.15. The molecule has 1 N–H and O–H groups in total. The molecule has 0 aromatic heterocycles. The fourth-order valence-corrected chi connectivity index (χ4v) is 1.94. The average molecular weight is 275 g/mol. The monoisotopic (exact) mass is 274 g/mol. The van der Waals surface area contributed by atoms with Gasteiger partial charge in [0.05, 0.1) is 12.1 Å². The van der Waals surface area contributed by atoms with Crippen LogP contribution in [0.3, 0.4) is 0 Å². The number of hydrogen-bond acceptors (Lipinski definition) is 2. The maximum Gasteiger partial charge on any atom is 0.242 e. The van der Waals surface area contributed by atoms with Gasteiger partial charge in [0, 0.05) is 12.1 Å². The minimum Gasteiger partial charge on any atom is -0.289 e. The Morgan fingerprint density at radius 3 is 2.58 bits per heavy atom. The smallest absolute Gasteiger partial charge is 0.242 e. The predicted molar refractivity (Wildman–Crippen MR) is 78.1 cm³/mol. The molecule has 3 nitrogen and oxygen atoms in total. The highest BCUT2D eigenvalue weighted by Crippen LogP contribution is 2.16. The molecule has 0 saturated heterocycles. The van der Waals surface area contributed by atoms with Crippen LogP contribution < -0.4 is 10.4 Å². The number of carbonyl (C=O) groups excluding carboxylic acids is 1. The summed E-state index contributed by atoms with van der Waals surface area (Å²) in [7, 11) is 1.79. The minimum absolute atomic E-state index is 0.0614. The zero-order valence-corrected chi connectivity index (χ0v) is 11.4. The molecular weight excluding hydrogens is 260 g/mol. The Morgan fingerprint density at radius 2 is 1.89 bits per heavy atom. The lowest BCUT2D eigenvalue weighted by molar-refractivity contribution is -0.120. The van der Waals surface area contributed by atoms with Gasteiger partial charge in [-0.1, -0.05) is 48.0 Å². The fraction of sp³-hybridized carbons (Fsp3) is 0.133. The van der Waals surface area contributed by atoms with E-state index in [-0.39, 0.29) is 5.91 Å². The van der Waals surface area contributed by atoms with Gasteiger partial charge in [0.1, 0.15) is 0 Å². The molecule has 0 saturated carbocycles. The summed E-state index contributed by atoms with van der Waals surface area (Å²) in [5, 5.41) is 2.30. The SMILES string of the molecule is CN(NC(=O)Cc1ccccc1)c1cccc(Cl)c1. The van der Waals surface area contributed by atoms with Crippen LogP contribution in [0.2, 0.25) is 5.02 Å². The number of halogens is 1. The Kier molecular flexibility index (Phi) is 4.42. The first-order valence-corrected chi connectivity index (χ1v) is 6.35. The molecule has 0 bridgehead atoms. The van der Waals surface area contributed by atoms with Gasteiger partial charge >= 0.3 is 0 Å². The van der Waals surface area contributed by atoms with Gasteiger partial charge in [-0.25, -0.2) is 0 Å². The maximum atomic E-state index is 11.9. The Balaban J connectivity index is 1.95. The van der Waals surface area contributed by atoms with E-state index < -0.39 is 0 Å². The van der Waals surface area contributed by atoms with E-state index in [9.17, 15) is 4.79 Å². The molecule has 2 aromatic rings. The Labute approximate surface area is 117 Å². The Bertz CT molecular complexity index is 557. The van der Waals surface area contributed by atoms with Crippen molar-refractivity contribution in [3.8, 4) is 0 Å². The van der Waals surface area contributed by atoms with Crippen molar-refractivity contribution in [2.75, 3.05) is 12.1 Å². The van der Waals surface area contributed by atoms with Gasteiger partial charge in [-0.05, 0) is 23.8 Å². The first kappa shape index (κ1) is 13.4. The van der Waals surface area contributed by atoms with Crippen LogP contribution >= 0.6 is 11.6 Å². The fourth-order valence-electron chi connectivity index (χ4n) is 1.76. The molecule has 0 aliphatic heterocycles. The van der Waals surface area contributed by atoms with Gasteiger partial charge in [0.25, 0.3) is 0 Å². The molecule has 2 aromatic carbocycles. The van der Waals surface area contributed by atoms with Gasteiger partial charge in [-0.2, -0.15) is 0 Å². The Morgan fingerprint density at radius 1 is 1.16 bits per heavy atom. The van der Waals surface area contributed by atoms with E-state index in [2.05, 4.69) is 5.43 Å². The summed E-state index contributed by atoms with van der Waals surface area (Å²) in [6.45, 7) is 0. The van der Waals surface area contributed by atoms with Crippen molar-refractivity contribution in [2.24, 2.45) is 0 Å². The summed E-state index contributed by atoms with van der Waals surface area (Å²) in [5.41, 5.74) is 4.63. The topological polar surface area (TPSA) is 32.3 Å². The number of anilines is 1. The van der Waals surface area contributed by atoms with Gasteiger partial charge in [-0.15, -0.1) is 0 Å². The predicted octanol–water partition coefficient (Wildman–Crippen LogP) is 3.05. The van der Waals surface area contributed by atoms with E-state index in [1.165, 1.54) is 0 Å². The summed E-state index contributed by atoms with van der Waals surface area (Å²) >= 11 is 5.92. The number of nitrogens with one attached hydrogen (secondary N) is 1. The van der Waals surface area contributed by atoms with Crippen LogP contribution in [0, 0.1) is 0 Å². The van der Waals surface area contributed by atoms with Crippen LogP contribution in [-0.2, 0) is 11.2 Å². The van der Waals surface area contributed by atoms with E-state index >= 15 is 0 Å². The number of nitrogens with zero attached hydrogens (tertiary/aromatic N) is 1. The molecule has 19 heavy (non-hydrogen) atoms. The molecule has 2 rings (SSSR count). The van der Waals surface area contributed by atoms with Crippen molar-refractivity contribution in [1.29, 1.82) is 0 Å². The lowest BCUT2D eigenvalue weighted by Gasteiger charge is -2.20. The average Bonchev–Trinajstić information content (AvgIpc) is 2.39. The molecule has 0 unspecified atom stereocenters. The molecule has 0 heterocycles. The van der Waals surface area contributed by atoms with Crippen molar-refractivity contribution >= 4 is 23.2 Å². The summed E-state index contributed by atoms with van der Waals surface area (Å²) in [6, 6.07) is 16.9. The number of hydrogen-bond donors (Lipinski definition) is 1. The third kappa shape index (κ3) is 4.00. The molecule has 0 radical (unpaired) electrons. The summed E-state index contributed by atoms with van der Waals surface area (Å²) in [4.78, 5) is 11.9. The zero-order valence-electron chi connectivity index (χ0n) is 10.6. The number of amides is 1. The second kappa shape index (κ2) is 6.25. The largest absolute Gasteiger partial charge is 0.289 e. The van der Waals surface area contributed by atoms with Crippen molar-refractivity contribution in [1.82, 2.24) is 5.43 Å². The normalized spacial score (nSPS) is 10.0. The van der Waals surface area contributed by atoms with Crippen molar-refractivity contribution in [3.05, 3.63) is 65.2 Å². The van der Waals surface area contributed by atoms with Crippen LogP contribution in [-0.4, -0.2) is 13.0 Å². The van der Waals surface area contributed by atoms with Gasteiger partial charge in [0.2, 0.25) is 5.91 Å². The number of benzene rings is 2. The first-order valence-electron chi connectivity index (χ1n) is 5.98. The highest BCUT2D eigenvalue weighted by molar-refractivity contribution is 6.30. The number of rotatable bonds is 4. The quantitative estimate of drug-likeness (QED) is 0.869. The summed E-state index contributed by atoms with van der Waals surface area (Å²) in [6.07, 6.45) is 0.353. The van der Waals surface area contributed by atoms with Crippen LogP contribution in [0.15, 0.2) is 54.6 Å². The van der Waals surface area contributed by atoms with E-state index in [0.29, 0.717) is 11.4 Å². The van der Waals surface area contributed by atoms with Crippen molar-refractivity contribution in [2.45, 2.75) is 6.42 Å². The van der Waals surface area contributed by atoms with Gasteiger partial charge in [0.15, 0.2) is 0 Å². The molecule has 0 aliphatic rings. The highest BCUT2D eigenvalue weighted by atomic mass is 35.5. The van der Waals surface area contributed by atoms with Crippen molar-refractivity contribution < 1.29 is 4.79 Å². The lowest BCUT2D eigenvalue weighted by Crippen LogP contribution is -2.40. The van der Waals surface area contributed by atoms with Crippen LogP contribution in [0.1, 0.15) is 5.56 Å². The standard InChI is InChI=1S/C15H15ClN2O/c1-18(14-9-5-8-13(16)11-14)17-15(19)10-12-6-3-2-4-7-12/h2-9,11H,10H2,1H3,(H,17,19). The zero-order chi connectivity index (χ0) is 13.7. The van der Waals surface area contributed by atoms with Gasteiger partial charge < -0.3 is 0 Å². The molecule has 0 atom stereocenters. The van der Waals surface area contributed by atoms with E-state index in [1.54, 1.807) is 24.2 Å². The number of carbonyl (C=O) groups is 1. The highest BCUT2D eigenvalue weighted by Gasteiger charge is 2.07. The molecule has 0 spiro atoms. The Hall–Kier alpha value is -2.00. The molecular formula is C15H15ClN2O. The molecule has 0 aliphatic carbocycles. The second-order valence-corrected chi connectivity index (χ2v) is 4.67. The minimum atomic E-state index is -0.0614. The summed E-state index contributed by atoms with van der Waals surface area (Å²) in [5.74, 6) is -0.0614. The van der Waals surface area contributed by atoms with E-state index in [1.807, 2.05) is 42.5 Å². The molecule has 98 valence electrons. The third-order valence-corrected chi connectivity index (χ3v) is 2.93. The third-order valence-electron chi connectivity index (χ3n) is 2.70. The maximum absolute atomic E-state index is 11.9. The van der Waals surface area contributed by atoms with Crippen LogP contribution in [0.25, 0.3) is 0 Å². The molecule has 0 fully saturated rings. The number of hydrazine groups is 1. The second-order valence-electron chi connectivity index (χ2n) is 4.24. The van der Waals surface area contributed by atoms with E-state index in [4.69, 9.17) is 11.6 Å². The lowest BCUT2D eigenvalue weighted by atomic mass is 10.1.